The van der Waals surface area contributed by atoms with E-state index in [1.165, 1.54) is 0 Å². The minimum Gasteiger partial charge on any atom is -0.478 e. The Bertz CT molecular complexity index is 647. The molecule has 0 aliphatic rings. The fourth-order valence-corrected chi connectivity index (χ4v) is 1.73. The first kappa shape index (κ1) is 13.3. The van der Waals surface area contributed by atoms with Crippen LogP contribution in [0.15, 0.2) is 30.5 Å². The summed E-state index contributed by atoms with van der Waals surface area (Å²) in [5.41, 5.74) is 1.21. The van der Waals surface area contributed by atoms with Crippen molar-refractivity contribution in [1.29, 1.82) is 0 Å². The summed E-state index contributed by atoms with van der Waals surface area (Å²) in [6.07, 6.45) is 0.943. The molecule has 0 radical (unpaired) electrons. The van der Waals surface area contributed by atoms with Crippen LogP contribution in [-0.4, -0.2) is 16.1 Å². The van der Waals surface area contributed by atoms with Crippen molar-refractivity contribution in [2.45, 2.75) is 6.92 Å². The van der Waals surface area contributed by atoms with E-state index in [-0.39, 0.29) is 11.4 Å². The van der Waals surface area contributed by atoms with E-state index in [9.17, 15) is 9.18 Å². The lowest BCUT2D eigenvalue weighted by atomic mass is 10.2. The minimum atomic E-state index is -1.27. The van der Waals surface area contributed by atoms with Gasteiger partial charge in [-0.15, -0.1) is 0 Å². The molecule has 1 heterocycles. The van der Waals surface area contributed by atoms with Gasteiger partial charge in [0, 0.05) is 0 Å². The van der Waals surface area contributed by atoms with E-state index in [1.54, 1.807) is 12.1 Å². The molecule has 0 fully saturated rings. The van der Waals surface area contributed by atoms with Crippen LogP contribution in [0, 0.1) is 12.7 Å². The Hall–Kier alpha value is -2.14. The van der Waals surface area contributed by atoms with E-state index < -0.39 is 11.8 Å². The molecule has 98 valence electrons. The summed E-state index contributed by atoms with van der Waals surface area (Å²) in [6.45, 7) is 1.87. The highest BCUT2D eigenvalue weighted by atomic mass is 35.5. The third-order valence-corrected chi connectivity index (χ3v) is 2.79. The lowest BCUT2D eigenvalue weighted by molar-refractivity contribution is 0.0697. The normalized spacial score (nSPS) is 10.3. The van der Waals surface area contributed by atoms with E-state index >= 15 is 0 Å². The van der Waals surface area contributed by atoms with Crippen molar-refractivity contribution in [2.75, 3.05) is 5.32 Å². The number of hydrogen-bond acceptors (Lipinski definition) is 3. The highest BCUT2D eigenvalue weighted by Gasteiger charge is 2.14. The molecule has 19 heavy (non-hydrogen) atoms. The molecule has 1 aromatic carbocycles. The van der Waals surface area contributed by atoms with Gasteiger partial charge < -0.3 is 10.4 Å². The van der Waals surface area contributed by atoms with Gasteiger partial charge in [0.1, 0.15) is 17.2 Å². The fourth-order valence-electron chi connectivity index (χ4n) is 1.56. The van der Waals surface area contributed by atoms with Gasteiger partial charge in [0.15, 0.2) is 0 Å². The number of carboxylic acid groups (broad SMARTS) is 1. The Morgan fingerprint density at radius 3 is 2.84 bits per heavy atom. The molecule has 0 saturated heterocycles. The van der Waals surface area contributed by atoms with Crippen LogP contribution < -0.4 is 5.32 Å². The van der Waals surface area contributed by atoms with Gasteiger partial charge in [-0.2, -0.15) is 0 Å². The number of halogens is 2. The van der Waals surface area contributed by atoms with Crippen molar-refractivity contribution < 1.29 is 14.3 Å². The standard InChI is InChI=1S/C13H10ClFN2O2/c1-7-2-3-10(14)11(4-7)17-12-9(13(18)19)5-8(15)6-16-12/h2-6H,1H3,(H,16,17)(H,18,19). The number of benzene rings is 1. The average Bonchev–Trinajstić information content (AvgIpc) is 2.35. The zero-order valence-corrected chi connectivity index (χ0v) is 10.7. The summed E-state index contributed by atoms with van der Waals surface area (Å²) in [6, 6.07) is 6.16. The number of nitrogens with one attached hydrogen (secondary N) is 1. The zero-order valence-electron chi connectivity index (χ0n) is 9.95. The number of aromatic carboxylic acids is 1. The molecular weight excluding hydrogens is 271 g/mol. The van der Waals surface area contributed by atoms with E-state index in [1.807, 2.05) is 13.0 Å². The minimum absolute atomic E-state index is 0.0430. The molecule has 2 rings (SSSR count). The number of rotatable bonds is 3. The van der Waals surface area contributed by atoms with Crippen molar-refractivity contribution in [3.63, 3.8) is 0 Å². The molecule has 1 aromatic heterocycles. The third kappa shape index (κ3) is 3.00. The van der Waals surface area contributed by atoms with Gasteiger partial charge in [-0.1, -0.05) is 17.7 Å². The highest BCUT2D eigenvalue weighted by Crippen LogP contribution is 2.27. The van der Waals surface area contributed by atoms with Crippen LogP contribution in [0.25, 0.3) is 0 Å². The third-order valence-electron chi connectivity index (χ3n) is 2.46. The number of pyridine rings is 1. The summed E-state index contributed by atoms with van der Waals surface area (Å²) in [5, 5.41) is 12.2. The topological polar surface area (TPSA) is 62.2 Å². The van der Waals surface area contributed by atoms with Crippen molar-refractivity contribution in [3.8, 4) is 0 Å². The molecule has 0 bridgehead atoms. The van der Waals surface area contributed by atoms with Crippen molar-refractivity contribution in [2.24, 2.45) is 0 Å². The van der Waals surface area contributed by atoms with Gasteiger partial charge in [-0.25, -0.2) is 14.2 Å². The molecule has 0 unspecified atom stereocenters. The maximum absolute atomic E-state index is 13.0. The molecule has 0 spiro atoms. The SMILES string of the molecule is Cc1ccc(Cl)c(Nc2ncc(F)cc2C(=O)O)c1. The van der Waals surface area contributed by atoms with Gasteiger partial charge in [0.05, 0.1) is 16.9 Å². The van der Waals surface area contributed by atoms with Crippen LogP contribution in [0.1, 0.15) is 15.9 Å². The lowest BCUT2D eigenvalue weighted by Crippen LogP contribution is -2.06. The van der Waals surface area contributed by atoms with Crippen LogP contribution >= 0.6 is 11.6 Å². The quantitative estimate of drug-likeness (QED) is 0.901. The maximum Gasteiger partial charge on any atom is 0.339 e. The summed E-state index contributed by atoms with van der Waals surface area (Å²) >= 11 is 6.00. The van der Waals surface area contributed by atoms with Gasteiger partial charge in [0.2, 0.25) is 0 Å². The molecule has 6 heteroatoms. The summed E-state index contributed by atoms with van der Waals surface area (Å²) in [4.78, 5) is 14.8. The number of nitrogens with zero attached hydrogens (tertiary/aromatic N) is 1. The number of hydrogen-bond donors (Lipinski definition) is 2. The Kier molecular flexibility index (Phi) is 3.66. The molecular formula is C13H10ClFN2O2. The predicted octanol–water partition coefficient (Wildman–Crippen LogP) is 3.62. The number of aromatic nitrogens is 1. The van der Waals surface area contributed by atoms with Crippen LogP contribution in [0.2, 0.25) is 5.02 Å². The van der Waals surface area contributed by atoms with Gasteiger partial charge in [0.25, 0.3) is 0 Å². The van der Waals surface area contributed by atoms with Crippen LogP contribution in [-0.2, 0) is 0 Å². The second kappa shape index (κ2) is 5.24. The lowest BCUT2D eigenvalue weighted by Gasteiger charge is -2.10. The summed E-state index contributed by atoms with van der Waals surface area (Å²) in [7, 11) is 0. The molecule has 0 amide bonds. The molecule has 0 aliphatic heterocycles. The van der Waals surface area contributed by atoms with Crippen molar-refractivity contribution in [1.82, 2.24) is 4.98 Å². The van der Waals surface area contributed by atoms with E-state index in [0.717, 1.165) is 17.8 Å². The first-order valence-corrected chi connectivity index (χ1v) is 5.77. The van der Waals surface area contributed by atoms with E-state index in [4.69, 9.17) is 16.7 Å². The molecule has 2 aromatic rings. The Labute approximate surface area is 113 Å². The van der Waals surface area contributed by atoms with Crippen LogP contribution in [0.4, 0.5) is 15.9 Å². The first-order chi connectivity index (χ1) is 8.97. The average molecular weight is 281 g/mol. The molecule has 0 saturated carbocycles. The van der Waals surface area contributed by atoms with Gasteiger partial charge in [-0.05, 0) is 30.7 Å². The smallest absolute Gasteiger partial charge is 0.339 e. The second-order valence-corrected chi connectivity index (χ2v) is 4.37. The van der Waals surface area contributed by atoms with Crippen LogP contribution in [0.3, 0.4) is 0 Å². The summed E-state index contributed by atoms with van der Waals surface area (Å²) in [5.74, 6) is -1.93. The first-order valence-electron chi connectivity index (χ1n) is 5.39. The van der Waals surface area contributed by atoms with Crippen molar-refractivity contribution in [3.05, 3.63) is 52.4 Å². The molecule has 2 N–H and O–H groups in total. The zero-order chi connectivity index (χ0) is 14.0. The number of carboxylic acids is 1. The van der Waals surface area contributed by atoms with E-state index in [2.05, 4.69) is 10.3 Å². The molecule has 0 atom stereocenters. The highest BCUT2D eigenvalue weighted by molar-refractivity contribution is 6.33. The van der Waals surface area contributed by atoms with Crippen molar-refractivity contribution >= 4 is 29.1 Å². The van der Waals surface area contributed by atoms with E-state index in [0.29, 0.717) is 10.7 Å². The fraction of sp³-hybridized carbons (Fsp3) is 0.0769. The largest absolute Gasteiger partial charge is 0.478 e. The Balaban J connectivity index is 2.43. The second-order valence-electron chi connectivity index (χ2n) is 3.96. The van der Waals surface area contributed by atoms with Crippen LogP contribution in [0.5, 0.6) is 0 Å². The number of carbonyl (C=O) groups is 1. The number of aryl methyl sites for hydroxylation is 1. The summed E-state index contributed by atoms with van der Waals surface area (Å²) < 4.78 is 13.0. The Morgan fingerprint density at radius 1 is 1.42 bits per heavy atom. The predicted molar refractivity (Wildman–Crippen MR) is 70.6 cm³/mol. The molecule has 0 aliphatic carbocycles. The Morgan fingerprint density at radius 2 is 2.16 bits per heavy atom. The monoisotopic (exact) mass is 280 g/mol. The number of anilines is 2. The van der Waals surface area contributed by atoms with Gasteiger partial charge >= 0.3 is 5.97 Å². The van der Waals surface area contributed by atoms with Gasteiger partial charge in [-0.3, -0.25) is 0 Å². The molecule has 4 nitrogen and oxygen atoms in total. The maximum atomic E-state index is 13.0.